The van der Waals surface area contributed by atoms with Gasteiger partial charge in [-0.3, -0.25) is 14.4 Å². The number of alkyl halides is 1. The van der Waals surface area contributed by atoms with E-state index < -0.39 is 67.4 Å². The van der Waals surface area contributed by atoms with E-state index in [4.69, 9.17) is 18.9 Å². The van der Waals surface area contributed by atoms with Gasteiger partial charge in [0.2, 0.25) is 6.17 Å². The molecule has 1 saturated heterocycles. The second kappa shape index (κ2) is 40.4. The Morgan fingerprint density at radius 1 is 0.645 bits per heavy atom. The monoisotopic (exact) mass is 884 g/mol. The van der Waals surface area contributed by atoms with Crippen LogP contribution in [-0.4, -0.2) is 84.2 Å². The molecule has 1 heterocycles. The smallest absolute Gasteiger partial charge is 0.306 e. The molecule has 0 aromatic heterocycles. The number of aliphatic hydroxyl groups excluding tert-OH is 2. The second-order valence-electron chi connectivity index (χ2n) is 17.9. The molecule has 1 amide bonds. The zero-order valence-corrected chi connectivity index (χ0v) is 39.9. The summed E-state index contributed by atoms with van der Waals surface area (Å²) in [5.74, 6) is -2.20. The van der Waals surface area contributed by atoms with Crippen molar-refractivity contribution in [3.05, 3.63) is 12.7 Å². The Bertz CT molecular complexity index is 1100. The summed E-state index contributed by atoms with van der Waals surface area (Å²) >= 11 is 0. The van der Waals surface area contributed by atoms with Crippen LogP contribution in [0.1, 0.15) is 239 Å². The van der Waals surface area contributed by atoms with Crippen LogP contribution in [-0.2, 0) is 33.3 Å². The first-order valence-corrected chi connectivity index (χ1v) is 25.7. The third kappa shape index (κ3) is 28.7. The van der Waals surface area contributed by atoms with Gasteiger partial charge in [0.25, 0.3) is 5.91 Å². The summed E-state index contributed by atoms with van der Waals surface area (Å²) in [5.41, 5.74) is 0. The van der Waals surface area contributed by atoms with E-state index in [0.29, 0.717) is 19.3 Å². The molecule has 1 fully saturated rings. The van der Waals surface area contributed by atoms with Crippen LogP contribution in [0.2, 0.25) is 0 Å². The van der Waals surface area contributed by atoms with Crippen molar-refractivity contribution in [1.29, 1.82) is 0 Å². The Labute approximate surface area is 378 Å². The maximum absolute atomic E-state index is 16.4. The number of hydrogen-bond donors (Lipinski definition) is 3. The molecule has 62 heavy (non-hydrogen) atoms. The highest BCUT2D eigenvalue weighted by Crippen LogP contribution is 2.27. The van der Waals surface area contributed by atoms with Gasteiger partial charge in [0.05, 0.1) is 13.2 Å². The van der Waals surface area contributed by atoms with Crippen molar-refractivity contribution in [1.82, 2.24) is 5.32 Å². The van der Waals surface area contributed by atoms with Crippen molar-refractivity contribution in [3.63, 3.8) is 0 Å². The highest BCUT2D eigenvalue weighted by molar-refractivity contribution is 5.82. The summed E-state index contributed by atoms with van der Waals surface area (Å²) in [5, 5.41) is 23.9. The van der Waals surface area contributed by atoms with E-state index in [9.17, 15) is 24.6 Å². The molecule has 10 nitrogen and oxygen atoms in total. The third-order valence-corrected chi connectivity index (χ3v) is 12.2. The molecule has 3 N–H and O–H groups in total. The van der Waals surface area contributed by atoms with Crippen molar-refractivity contribution in [2.75, 3.05) is 13.2 Å². The second-order valence-corrected chi connectivity index (χ2v) is 17.9. The van der Waals surface area contributed by atoms with E-state index >= 15 is 4.39 Å². The van der Waals surface area contributed by atoms with Crippen molar-refractivity contribution < 1.29 is 47.9 Å². The summed E-state index contributed by atoms with van der Waals surface area (Å²) < 4.78 is 39.5. The lowest BCUT2D eigenvalue weighted by Crippen LogP contribution is -2.66. The number of nitrogens with one attached hydrogen (secondary N) is 1. The van der Waals surface area contributed by atoms with Gasteiger partial charge in [-0.25, -0.2) is 4.39 Å². The van der Waals surface area contributed by atoms with Crippen LogP contribution >= 0.6 is 0 Å². The number of unbranched alkanes of at least 4 members (excludes halogenated alkanes) is 28. The summed E-state index contributed by atoms with van der Waals surface area (Å²) in [7, 11) is 0. The van der Waals surface area contributed by atoms with Crippen LogP contribution in [0.4, 0.5) is 4.39 Å². The quantitative estimate of drug-likeness (QED) is 0.0310. The fourth-order valence-corrected chi connectivity index (χ4v) is 8.31. The van der Waals surface area contributed by atoms with Crippen LogP contribution in [0.15, 0.2) is 12.7 Å². The number of carbonyl (C=O) groups is 3. The zero-order chi connectivity index (χ0) is 45.5. The van der Waals surface area contributed by atoms with Crippen LogP contribution in [0.5, 0.6) is 0 Å². The minimum absolute atomic E-state index is 0.0262. The average molecular weight is 884 g/mol. The lowest BCUT2D eigenvalue weighted by atomic mass is 9.95. The molecule has 0 bridgehead atoms. The molecule has 0 radical (unpaired) electrons. The summed E-state index contributed by atoms with van der Waals surface area (Å²) in [6.45, 7) is 9.68. The Balaban J connectivity index is 2.90. The van der Waals surface area contributed by atoms with Gasteiger partial charge in [0.15, 0.2) is 12.4 Å². The number of hydrogen-bond acceptors (Lipinski definition) is 9. The number of rotatable bonds is 43. The van der Waals surface area contributed by atoms with Gasteiger partial charge in [-0.1, -0.05) is 207 Å². The molecule has 0 saturated carbocycles. The van der Waals surface area contributed by atoms with E-state index in [2.05, 4.69) is 32.7 Å². The van der Waals surface area contributed by atoms with E-state index in [-0.39, 0.29) is 25.9 Å². The van der Waals surface area contributed by atoms with Gasteiger partial charge < -0.3 is 34.5 Å². The Morgan fingerprint density at radius 3 is 1.47 bits per heavy atom. The van der Waals surface area contributed by atoms with Gasteiger partial charge in [0.1, 0.15) is 24.4 Å². The Kier molecular flexibility index (Phi) is 37.8. The molecular weight excluding hydrogens is 790 g/mol. The predicted octanol–water partition coefficient (Wildman–Crippen LogP) is 12.2. The minimum Gasteiger partial charge on any atom is -0.459 e. The molecule has 1 aliphatic rings. The lowest BCUT2D eigenvalue weighted by Gasteiger charge is -2.43. The van der Waals surface area contributed by atoms with E-state index in [0.717, 1.165) is 64.2 Å². The normalized spacial score (nSPS) is 19.8. The molecule has 0 aliphatic carbocycles. The maximum atomic E-state index is 16.4. The molecule has 364 valence electrons. The summed E-state index contributed by atoms with van der Waals surface area (Å²) in [4.78, 5) is 40.0. The van der Waals surface area contributed by atoms with Gasteiger partial charge in [-0.05, 0) is 25.7 Å². The molecule has 0 unspecified atom stereocenters. The number of aliphatic hydroxyl groups is 2. The maximum Gasteiger partial charge on any atom is 0.306 e. The van der Waals surface area contributed by atoms with E-state index in [1.165, 1.54) is 122 Å². The van der Waals surface area contributed by atoms with Gasteiger partial charge in [-0.2, -0.15) is 0 Å². The lowest BCUT2D eigenvalue weighted by molar-refractivity contribution is -0.271. The number of amides is 1. The Hall–Kier alpha value is -2.08. The SMILES string of the molecule is C=CCO[C@@H]1O[C@H](CO)[C@@H](O)[C@H](OC(=O)CCCCCCCCCCCCC)[C@H]1NC(=O)[C@H](F)[C@H](CCCCCCCCCCC)OC(=O)CCCCCCCCCCCCC. The zero-order valence-electron chi connectivity index (χ0n) is 39.9. The van der Waals surface area contributed by atoms with Crippen LogP contribution in [0, 0.1) is 0 Å². The first-order valence-electron chi connectivity index (χ1n) is 25.7. The topological polar surface area (TPSA) is 141 Å². The van der Waals surface area contributed by atoms with Crippen molar-refractivity contribution in [2.24, 2.45) is 0 Å². The number of carbonyl (C=O) groups excluding carboxylic acids is 3. The number of ether oxygens (including phenoxy) is 4. The fourth-order valence-electron chi connectivity index (χ4n) is 8.31. The van der Waals surface area contributed by atoms with Gasteiger partial charge in [-0.15, -0.1) is 6.58 Å². The molecular formula is C51H94FNO9. The van der Waals surface area contributed by atoms with Crippen molar-refractivity contribution in [3.8, 4) is 0 Å². The van der Waals surface area contributed by atoms with Crippen LogP contribution in [0.3, 0.4) is 0 Å². The molecule has 1 aliphatic heterocycles. The van der Waals surface area contributed by atoms with Gasteiger partial charge in [0, 0.05) is 12.8 Å². The molecule has 0 aromatic rings. The molecule has 0 aromatic carbocycles. The molecule has 1 rings (SSSR count). The third-order valence-electron chi connectivity index (χ3n) is 12.2. The number of esters is 2. The van der Waals surface area contributed by atoms with Gasteiger partial charge >= 0.3 is 11.9 Å². The molecule has 7 atom stereocenters. The minimum atomic E-state index is -2.23. The van der Waals surface area contributed by atoms with Crippen LogP contribution < -0.4 is 5.32 Å². The van der Waals surface area contributed by atoms with Crippen molar-refractivity contribution in [2.45, 2.75) is 282 Å². The predicted molar refractivity (Wildman–Crippen MR) is 248 cm³/mol. The first kappa shape index (κ1) is 57.9. The average Bonchev–Trinajstić information content (AvgIpc) is 3.26. The van der Waals surface area contributed by atoms with Crippen molar-refractivity contribution >= 4 is 17.8 Å². The summed E-state index contributed by atoms with van der Waals surface area (Å²) in [6, 6.07) is -1.32. The molecule has 11 heteroatoms. The fraction of sp³-hybridized carbons (Fsp3) is 0.902. The standard InChI is InChI=1S/C51H94FNO9/c1-5-9-12-15-18-21-23-26-29-32-35-38-44(55)60-42(37-34-31-28-25-20-17-14-11-7-3)46(52)50(58)53-47-49(48(57)43(41-54)61-51(47)59-40-8-4)62-45(56)39-36-33-30-27-24-22-19-16-13-10-6-2/h8,42-43,46-49,51,54,57H,4-7,9-41H2,1-3H3,(H,53,58)/t42-,43+,46+,47+,48+,49+,51+/m0/s1. The highest BCUT2D eigenvalue weighted by Gasteiger charge is 2.49. The highest BCUT2D eigenvalue weighted by atomic mass is 19.1. The number of halogens is 1. The summed E-state index contributed by atoms with van der Waals surface area (Å²) in [6.07, 6.45) is 27.3. The largest absolute Gasteiger partial charge is 0.459 e. The van der Waals surface area contributed by atoms with E-state index in [1.807, 2.05) is 0 Å². The molecule has 0 spiro atoms. The van der Waals surface area contributed by atoms with Crippen LogP contribution in [0.25, 0.3) is 0 Å². The van der Waals surface area contributed by atoms with E-state index in [1.54, 1.807) is 0 Å². The first-order chi connectivity index (χ1) is 30.2. The Morgan fingerprint density at radius 2 is 1.05 bits per heavy atom.